The lowest BCUT2D eigenvalue weighted by molar-refractivity contribution is -0.148. The molecule has 0 spiro atoms. The van der Waals surface area contributed by atoms with Gasteiger partial charge in [0, 0.05) is 22.9 Å². The third-order valence-electron chi connectivity index (χ3n) is 7.98. The van der Waals surface area contributed by atoms with E-state index < -0.39 is 56.2 Å². The van der Waals surface area contributed by atoms with Gasteiger partial charge in [0.15, 0.2) is 21.5 Å². The first kappa shape index (κ1) is 26.7. The van der Waals surface area contributed by atoms with Gasteiger partial charge in [0.05, 0.1) is 21.4 Å². The first-order chi connectivity index (χ1) is 17.9. The SMILES string of the molecule is C[C@H]1CC2C[C@@H](S(=O)(=O)c3cc(C(=O)Nc4ccc(F)c(F)c4)ccc3Cl)CC1[C@@]2(O)C(O)c1cnoc1. The summed E-state index contributed by atoms with van der Waals surface area (Å²) in [7, 11) is -4.06. The summed E-state index contributed by atoms with van der Waals surface area (Å²) in [6, 6.07) is 6.64. The molecule has 2 aromatic carbocycles. The van der Waals surface area contributed by atoms with Crippen LogP contribution in [0.5, 0.6) is 0 Å². The molecule has 2 aliphatic rings. The highest BCUT2D eigenvalue weighted by Gasteiger charge is 2.62. The highest BCUT2D eigenvalue weighted by molar-refractivity contribution is 7.92. The van der Waals surface area contributed by atoms with E-state index in [-0.39, 0.29) is 39.9 Å². The topological polar surface area (TPSA) is 130 Å². The van der Waals surface area contributed by atoms with Gasteiger partial charge in [-0.2, -0.15) is 0 Å². The summed E-state index contributed by atoms with van der Waals surface area (Å²) in [6.45, 7) is 1.92. The molecular formula is C26H25ClF2N2O6S. The summed E-state index contributed by atoms with van der Waals surface area (Å²) in [4.78, 5) is 12.5. The van der Waals surface area contributed by atoms with Gasteiger partial charge in [0.25, 0.3) is 5.91 Å². The van der Waals surface area contributed by atoms with Crippen LogP contribution in [0.15, 0.2) is 58.3 Å². The highest BCUT2D eigenvalue weighted by Crippen LogP contribution is 2.58. The number of aromatic nitrogens is 1. The molecule has 3 unspecified atom stereocenters. The minimum Gasteiger partial charge on any atom is -0.386 e. The van der Waals surface area contributed by atoms with E-state index in [0.717, 1.165) is 18.2 Å². The minimum absolute atomic E-state index is 0.00299. The van der Waals surface area contributed by atoms with Crippen LogP contribution in [0.1, 0.15) is 48.2 Å². The van der Waals surface area contributed by atoms with E-state index in [9.17, 15) is 32.2 Å². The standard InChI is InChI=1S/C26H25ClF2N2O6S/c1-13-6-16-8-18(10-19(13)26(16,34)24(32)15-11-30-37-12-15)38(35,36)23-7-14(2-4-20(23)27)25(33)31-17-3-5-21(28)22(29)9-17/h2-5,7,9,11-13,16,18-19,24,32,34H,6,8,10H2,1H3,(H,31,33)/t13-,16?,18+,19?,24?,26+/m0/s1. The number of carbonyl (C=O) groups excluding carboxylic acids is 1. The van der Waals surface area contributed by atoms with Gasteiger partial charge in [-0.3, -0.25) is 4.79 Å². The molecule has 3 aromatic rings. The normalized spacial score (nSPS) is 27.7. The Bertz CT molecular complexity index is 1480. The quantitative estimate of drug-likeness (QED) is 0.399. The second-order valence-corrected chi connectivity index (χ2v) is 12.7. The molecule has 2 fully saturated rings. The van der Waals surface area contributed by atoms with E-state index >= 15 is 0 Å². The van der Waals surface area contributed by atoms with Crippen LogP contribution in [0, 0.1) is 29.4 Å². The molecule has 2 aliphatic carbocycles. The van der Waals surface area contributed by atoms with Gasteiger partial charge in [-0.1, -0.05) is 23.7 Å². The Morgan fingerprint density at radius 3 is 2.61 bits per heavy atom. The number of halogens is 3. The molecule has 3 N–H and O–H groups in total. The summed E-state index contributed by atoms with van der Waals surface area (Å²) >= 11 is 6.29. The number of aliphatic hydroxyl groups excluding tert-OH is 1. The fourth-order valence-electron chi connectivity index (χ4n) is 6.08. The maximum atomic E-state index is 13.8. The molecule has 5 rings (SSSR count). The maximum absolute atomic E-state index is 13.8. The van der Waals surface area contributed by atoms with Crippen LogP contribution < -0.4 is 5.32 Å². The number of rotatable bonds is 6. The van der Waals surface area contributed by atoms with Crippen molar-refractivity contribution in [2.75, 3.05) is 5.32 Å². The number of anilines is 1. The van der Waals surface area contributed by atoms with Gasteiger partial charge >= 0.3 is 0 Å². The van der Waals surface area contributed by atoms with E-state index in [1.165, 1.54) is 30.7 Å². The van der Waals surface area contributed by atoms with E-state index in [1.54, 1.807) is 0 Å². The van der Waals surface area contributed by atoms with Gasteiger partial charge in [-0.05, 0) is 67.3 Å². The number of fused-ring (bicyclic) bond motifs is 2. The Kier molecular flexibility index (Phi) is 6.83. The Morgan fingerprint density at radius 1 is 1.18 bits per heavy atom. The summed E-state index contributed by atoms with van der Waals surface area (Å²) in [5.41, 5.74) is -1.27. The minimum atomic E-state index is -4.06. The number of nitrogens with zero attached hydrogens (tertiary/aromatic N) is 1. The van der Waals surface area contributed by atoms with Crippen LogP contribution in [-0.4, -0.2) is 40.5 Å². The van der Waals surface area contributed by atoms with Crippen LogP contribution in [0.4, 0.5) is 14.5 Å². The van der Waals surface area contributed by atoms with E-state index in [0.29, 0.717) is 12.0 Å². The lowest BCUT2D eigenvalue weighted by Gasteiger charge is -2.45. The van der Waals surface area contributed by atoms with Crippen molar-refractivity contribution in [1.29, 1.82) is 0 Å². The second kappa shape index (κ2) is 9.71. The van der Waals surface area contributed by atoms with Crippen molar-refractivity contribution in [3.05, 3.63) is 76.6 Å². The first-order valence-corrected chi connectivity index (χ1v) is 13.9. The molecule has 8 nitrogen and oxygen atoms in total. The van der Waals surface area contributed by atoms with Crippen LogP contribution in [0.3, 0.4) is 0 Å². The van der Waals surface area contributed by atoms with Crippen LogP contribution in [-0.2, 0) is 9.84 Å². The van der Waals surface area contributed by atoms with E-state index in [1.807, 2.05) is 6.92 Å². The predicted molar refractivity (Wildman–Crippen MR) is 133 cm³/mol. The van der Waals surface area contributed by atoms with Crippen molar-refractivity contribution in [2.24, 2.45) is 17.8 Å². The molecule has 2 saturated carbocycles. The maximum Gasteiger partial charge on any atom is 0.255 e. The molecule has 1 heterocycles. The van der Waals surface area contributed by atoms with Gasteiger partial charge in [-0.25, -0.2) is 17.2 Å². The molecule has 0 radical (unpaired) electrons. The summed E-state index contributed by atoms with van der Waals surface area (Å²) in [5.74, 6) is -4.03. The fourth-order valence-corrected chi connectivity index (χ4v) is 8.45. The fraction of sp³-hybridized carbons (Fsp3) is 0.385. The number of aliphatic hydroxyl groups is 2. The molecule has 1 aromatic heterocycles. The van der Waals surface area contributed by atoms with Crippen LogP contribution in [0.25, 0.3) is 0 Å². The number of sulfone groups is 1. The lowest BCUT2D eigenvalue weighted by Crippen LogP contribution is -2.52. The van der Waals surface area contributed by atoms with Crippen molar-refractivity contribution in [1.82, 2.24) is 5.16 Å². The molecule has 1 amide bonds. The molecule has 38 heavy (non-hydrogen) atoms. The summed E-state index contributed by atoms with van der Waals surface area (Å²) < 4.78 is 59.1. The Morgan fingerprint density at radius 2 is 1.95 bits per heavy atom. The third kappa shape index (κ3) is 4.41. The van der Waals surface area contributed by atoms with Gasteiger partial charge in [0.1, 0.15) is 18.0 Å². The average Bonchev–Trinajstić information content (AvgIpc) is 3.44. The zero-order valence-electron chi connectivity index (χ0n) is 20.1. The smallest absolute Gasteiger partial charge is 0.255 e. The number of hydrogen-bond acceptors (Lipinski definition) is 7. The Hall–Kier alpha value is -2.86. The van der Waals surface area contributed by atoms with Crippen molar-refractivity contribution in [3.8, 4) is 0 Å². The number of hydrogen-bond donors (Lipinski definition) is 3. The zero-order chi connectivity index (χ0) is 27.4. The first-order valence-electron chi connectivity index (χ1n) is 12.0. The molecule has 202 valence electrons. The Balaban J connectivity index is 1.41. The van der Waals surface area contributed by atoms with Crippen LogP contribution in [0.2, 0.25) is 5.02 Å². The molecule has 0 aliphatic heterocycles. The highest BCUT2D eigenvalue weighted by atomic mass is 35.5. The second-order valence-electron chi connectivity index (χ2n) is 10.1. The van der Waals surface area contributed by atoms with Gasteiger partial charge < -0.3 is 20.1 Å². The van der Waals surface area contributed by atoms with Crippen LogP contribution >= 0.6 is 11.6 Å². The molecule has 12 heteroatoms. The van der Waals surface area contributed by atoms with Crippen molar-refractivity contribution < 1.29 is 36.7 Å². The zero-order valence-corrected chi connectivity index (χ0v) is 21.7. The van der Waals surface area contributed by atoms with Crippen molar-refractivity contribution >= 4 is 33.0 Å². The number of carbonyl (C=O) groups is 1. The predicted octanol–water partition coefficient (Wildman–Crippen LogP) is 4.53. The van der Waals surface area contributed by atoms with Gasteiger partial charge in [-0.15, -0.1) is 0 Å². The lowest BCUT2D eigenvalue weighted by atomic mass is 9.69. The molecule has 2 bridgehead atoms. The Labute approximate surface area is 222 Å². The van der Waals surface area contributed by atoms with E-state index in [4.69, 9.17) is 16.1 Å². The number of amides is 1. The number of nitrogens with one attached hydrogen (secondary N) is 1. The van der Waals surface area contributed by atoms with E-state index in [2.05, 4.69) is 10.5 Å². The third-order valence-corrected chi connectivity index (χ3v) is 10.6. The molecule has 6 atom stereocenters. The average molecular weight is 567 g/mol. The van der Waals surface area contributed by atoms with Crippen molar-refractivity contribution in [2.45, 2.75) is 48.0 Å². The largest absolute Gasteiger partial charge is 0.386 e. The molecular weight excluding hydrogens is 542 g/mol. The monoisotopic (exact) mass is 566 g/mol. The van der Waals surface area contributed by atoms with Crippen molar-refractivity contribution in [3.63, 3.8) is 0 Å². The molecule has 0 saturated heterocycles. The van der Waals surface area contributed by atoms with Gasteiger partial charge in [0.2, 0.25) is 0 Å². The summed E-state index contributed by atoms with van der Waals surface area (Å²) in [5, 5.41) is 27.7. The number of benzene rings is 2. The summed E-state index contributed by atoms with van der Waals surface area (Å²) in [6.07, 6.45) is 1.99.